The highest BCUT2D eigenvalue weighted by Crippen LogP contribution is 2.29. The maximum atomic E-state index is 9.42. The lowest BCUT2D eigenvalue weighted by atomic mass is 10.2. The van der Waals surface area contributed by atoms with Crippen LogP contribution in [0.2, 0.25) is 0 Å². The largest absolute Gasteiger partial charge is 0.490 e. The molecule has 17 heavy (non-hydrogen) atoms. The molecule has 3 nitrogen and oxygen atoms in total. The maximum Gasteiger partial charge on any atom is 0.120 e. The Morgan fingerprint density at radius 2 is 2.24 bits per heavy atom. The molecule has 0 radical (unpaired) electrons. The summed E-state index contributed by atoms with van der Waals surface area (Å²) in [6.07, 6.45) is 4.49. The van der Waals surface area contributed by atoms with Crippen molar-refractivity contribution in [1.29, 1.82) is 0 Å². The van der Waals surface area contributed by atoms with Crippen molar-refractivity contribution in [2.45, 2.75) is 38.5 Å². The van der Waals surface area contributed by atoms with E-state index in [1.165, 1.54) is 18.2 Å². The molecule has 1 saturated carbocycles. The number of rotatable bonds is 4. The third-order valence-electron chi connectivity index (χ3n) is 3.03. The fourth-order valence-corrected chi connectivity index (χ4v) is 2.07. The normalized spacial score (nSPS) is 17.3. The third-order valence-corrected chi connectivity index (χ3v) is 3.03. The van der Waals surface area contributed by atoms with Crippen molar-refractivity contribution in [2.24, 2.45) is 0 Å². The first-order chi connectivity index (χ1) is 8.22. The van der Waals surface area contributed by atoms with Crippen LogP contribution in [0.25, 0.3) is 10.9 Å². The van der Waals surface area contributed by atoms with Crippen LogP contribution in [0.1, 0.15) is 19.8 Å². The average molecular weight is 231 g/mol. The van der Waals surface area contributed by atoms with E-state index in [0.29, 0.717) is 12.6 Å². The Morgan fingerprint density at radius 1 is 1.41 bits per heavy atom. The van der Waals surface area contributed by atoms with E-state index in [9.17, 15) is 5.11 Å². The summed E-state index contributed by atoms with van der Waals surface area (Å²) in [7, 11) is 0. The summed E-state index contributed by atoms with van der Waals surface area (Å²) in [5.74, 6) is 0.954. The Morgan fingerprint density at radius 3 is 2.94 bits per heavy atom. The highest BCUT2D eigenvalue weighted by molar-refractivity contribution is 5.81. The molecule has 1 atom stereocenters. The molecular formula is C14H17NO2. The van der Waals surface area contributed by atoms with Gasteiger partial charge in [-0.1, -0.05) is 0 Å². The van der Waals surface area contributed by atoms with E-state index >= 15 is 0 Å². The second kappa shape index (κ2) is 4.08. The standard InChI is InChI=1S/C14H17NO2/c1-10(16)9-15-7-6-11-8-13(4-5-14(11)15)17-12-2-3-12/h4-8,10,12,16H,2-3,9H2,1H3. The number of benzene rings is 1. The molecule has 1 heterocycles. The summed E-state index contributed by atoms with van der Waals surface area (Å²) < 4.78 is 7.84. The molecule has 1 fully saturated rings. The van der Waals surface area contributed by atoms with E-state index in [2.05, 4.69) is 22.8 Å². The molecule has 1 unspecified atom stereocenters. The Hall–Kier alpha value is -1.48. The summed E-state index contributed by atoms with van der Waals surface area (Å²) >= 11 is 0. The van der Waals surface area contributed by atoms with Crippen LogP contribution in [0.4, 0.5) is 0 Å². The number of nitrogens with zero attached hydrogens (tertiary/aromatic N) is 1. The van der Waals surface area contributed by atoms with Gasteiger partial charge in [-0.2, -0.15) is 0 Å². The van der Waals surface area contributed by atoms with E-state index < -0.39 is 0 Å². The van der Waals surface area contributed by atoms with Gasteiger partial charge in [-0.25, -0.2) is 0 Å². The van der Waals surface area contributed by atoms with Crippen molar-refractivity contribution in [3.05, 3.63) is 30.5 Å². The van der Waals surface area contributed by atoms with Crippen LogP contribution < -0.4 is 4.74 Å². The van der Waals surface area contributed by atoms with E-state index in [4.69, 9.17) is 4.74 Å². The summed E-state index contributed by atoms with van der Waals surface area (Å²) in [6.45, 7) is 2.43. The summed E-state index contributed by atoms with van der Waals surface area (Å²) in [5.41, 5.74) is 1.15. The van der Waals surface area contributed by atoms with Crippen LogP contribution in [0.5, 0.6) is 5.75 Å². The predicted octanol–water partition coefficient (Wildman–Crippen LogP) is 2.56. The Balaban J connectivity index is 1.89. The number of hydrogen-bond acceptors (Lipinski definition) is 2. The van der Waals surface area contributed by atoms with Crippen LogP contribution in [0, 0.1) is 0 Å². The molecule has 0 bridgehead atoms. The van der Waals surface area contributed by atoms with Crippen molar-refractivity contribution in [2.75, 3.05) is 0 Å². The van der Waals surface area contributed by atoms with Crippen molar-refractivity contribution >= 4 is 10.9 Å². The van der Waals surface area contributed by atoms with Crippen LogP contribution in [0.15, 0.2) is 30.5 Å². The minimum Gasteiger partial charge on any atom is -0.490 e. The highest BCUT2D eigenvalue weighted by atomic mass is 16.5. The summed E-state index contributed by atoms with van der Waals surface area (Å²) in [5, 5.41) is 10.6. The first kappa shape index (κ1) is 10.7. The van der Waals surface area contributed by atoms with Gasteiger partial charge < -0.3 is 14.4 Å². The second-order valence-corrected chi connectivity index (χ2v) is 4.85. The maximum absolute atomic E-state index is 9.42. The smallest absolute Gasteiger partial charge is 0.120 e. The van der Waals surface area contributed by atoms with E-state index in [1.54, 1.807) is 6.92 Å². The van der Waals surface area contributed by atoms with Gasteiger partial charge in [0.1, 0.15) is 5.75 Å². The third kappa shape index (κ3) is 2.29. The van der Waals surface area contributed by atoms with Gasteiger partial charge in [-0.05, 0) is 44.0 Å². The van der Waals surface area contributed by atoms with Crippen molar-refractivity contribution in [1.82, 2.24) is 4.57 Å². The molecule has 1 aromatic carbocycles. The number of aliphatic hydroxyl groups is 1. The Kier molecular flexibility index (Phi) is 2.56. The molecule has 0 amide bonds. The molecule has 1 aliphatic carbocycles. The fraction of sp³-hybridized carbons (Fsp3) is 0.429. The lowest BCUT2D eigenvalue weighted by Gasteiger charge is -2.08. The van der Waals surface area contributed by atoms with Gasteiger partial charge >= 0.3 is 0 Å². The predicted molar refractivity (Wildman–Crippen MR) is 67.3 cm³/mol. The molecule has 3 rings (SSSR count). The lowest BCUT2D eigenvalue weighted by molar-refractivity contribution is 0.175. The monoisotopic (exact) mass is 231 g/mol. The average Bonchev–Trinajstić information content (AvgIpc) is 3.00. The van der Waals surface area contributed by atoms with E-state index in [0.717, 1.165) is 11.3 Å². The van der Waals surface area contributed by atoms with Crippen molar-refractivity contribution in [3.63, 3.8) is 0 Å². The molecule has 3 heteroatoms. The highest BCUT2D eigenvalue weighted by Gasteiger charge is 2.23. The zero-order chi connectivity index (χ0) is 11.8. The topological polar surface area (TPSA) is 34.4 Å². The molecule has 0 aliphatic heterocycles. The zero-order valence-electron chi connectivity index (χ0n) is 9.97. The van der Waals surface area contributed by atoms with Gasteiger partial charge in [-0.15, -0.1) is 0 Å². The fourth-order valence-electron chi connectivity index (χ4n) is 2.07. The molecule has 1 N–H and O–H groups in total. The SMILES string of the molecule is CC(O)Cn1ccc2cc(OC3CC3)ccc21. The molecule has 0 spiro atoms. The Labute approximate surface area is 101 Å². The van der Waals surface area contributed by atoms with Gasteiger partial charge in [0.05, 0.1) is 12.2 Å². The minimum atomic E-state index is -0.326. The Bertz CT molecular complexity index is 526. The molecule has 1 aliphatic rings. The van der Waals surface area contributed by atoms with E-state index in [1.807, 2.05) is 12.3 Å². The quantitative estimate of drug-likeness (QED) is 0.877. The van der Waals surface area contributed by atoms with Crippen molar-refractivity contribution < 1.29 is 9.84 Å². The van der Waals surface area contributed by atoms with Gasteiger partial charge in [0.25, 0.3) is 0 Å². The van der Waals surface area contributed by atoms with Crippen LogP contribution >= 0.6 is 0 Å². The summed E-state index contributed by atoms with van der Waals surface area (Å²) in [4.78, 5) is 0. The molecule has 1 aromatic heterocycles. The van der Waals surface area contributed by atoms with Gasteiger partial charge in [0, 0.05) is 23.6 Å². The van der Waals surface area contributed by atoms with Gasteiger partial charge in [0.15, 0.2) is 0 Å². The number of hydrogen-bond donors (Lipinski definition) is 1. The molecule has 90 valence electrons. The first-order valence-electron chi connectivity index (χ1n) is 6.16. The first-order valence-corrected chi connectivity index (χ1v) is 6.16. The molecule has 2 aromatic rings. The summed E-state index contributed by atoms with van der Waals surface area (Å²) in [6, 6.07) is 8.22. The van der Waals surface area contributed by atoms with Crippen LogP contribution in [-0.4, -0.2) is 21.9 Å². The van der Waals surface area contributed by atoms with E-state index in [-0.39, 0.29) is 6.10 Å². The van der Waals surface area contributed by atoms with Gasteiger partial charge in [0.2, 0.25) is 0 Å². The van der Waals surface area contributed by atoms with Crippen molar-refractivity contribution in [3.8, 4) is 5.75 Å². The number of ether oxygens (including phenoxy) is 1. The number of fused-ring (bicyclic) bond motifs is 1. The zero-order valence-corrected chi connectivity index (χ0v) is 9.97. The van der Waals surface area contributed by atoms with Crippen LogP contribution in [-0.2, 0) is 6.54 Å². The minimum absolute atomic E-state index is 0.326. The van der Waals surface area contributed by atoms with Crippen LogP contribution in [0.3, 0.4) is 0 Å². The number of aromatic nitrogens is 1. The molecule has 0 saturated heterocycles. The second-order valence-electron chi connectivity index (χ2n) is 4.85. The molecular weight excluding hydrogens is 214 g/mol. The number of aliphatic hydroxyl groups excluding tert-OH is 1. The lowest BCUT2D eigenvalue weighted by Crippen LogP contribution is -2.10. The van der Waals surface area contributed by atoms with Gasteiger partial charge in [-0.3, -0.25) is 0 Å².